The Labute approximate surface area is 121 Å². The van der Waals surface area contributed by atoms with Crippen LogP contribution < -0.4 is 14.8 Å². The summed E-state index contributed by atoms with van der Waals surface area (Å²) >= 11 is 0. The van der Waals surface area contributed by atoms with Gasteiger partial charge in [-0.15, -0.1) is 0 Å². The van der Waals surface area contributed by atoms with Crippen molar-refractivity contribution in [3.63, 3.8) is 0 Å². The summed E-state index contributed by atoms with van der Waals surface area (Å²) in [6.07, 6.45) is 1.06. The average Bonchev–Trinajstić information content (AvgIpc) is 2.37. The van der Waals surface area contributed by atoms with Crippen LogP contribution in [-0.2, 0) is 16.6 Å². The Morgan fingerprint density at radius 2 is 2.00 bits per heavy atom. The van der Waals surface area contributed by atoms with Gasteiger partial charge in [0.2, 0.25) is 10.0 Å². The Hall–Kier alpha value is -1.11. The van der Waals surface area contributed by atoms with E-state index in [1.165, 1.54) is 7.11 Å². The maximum Gasteiger partial charge on any atom is 0.244 e. The van der Waals surface area contributed by atoms with Gasteiger partial charge >= 0.3 is 0 Å². The Bertz CT molecular complexity index is 527. The summed E-state index contributed by atoms with van der Waals surface area (Å²) in [4.78, 5) is 0.174. The normalized spacial score (nSPS) is 11.8. The minimum atomic E-state index is -3.54. The fourth-order valence-corrected chi connectivity index (χ4v) is 3.23. The molecule has 1 aromatic rings. The van der Waals surface area contributed by atoms with Crippen molar-refractivity contribution in [2.45, 2.75) is 44.7 Å². The molecule has 5 nitrogen and oxygen atoms in total. The molecule has 114 valence electrons. The zero-order valence-corrected chi connectivity index (χ0v) is 13.4. The van der Waals surface area contributed by atoms with Crippen LogP contribution in [-0.4, -0.2) is 28.1 Å². The monoisotopic (exact) mass is 300 g/mol. The molecule has 0 saturated heterocycles. The molecular weight excluding hydrogens is 276 g/mol. The molecule has 0 atom stereocenters. The van der Waals surface area contributed by atoms with E-state index in [9.17, 15) is 8.42 Å². The van der Waals surface area contributed by atoms with E-state index in [4.69, 9.17) is 4.74 Å². The quantitative estimate of drug-likeness (QED) is 0.719. The predicted molar refractivity (Wildman–Crippen MR) is 80.4 cm³/mol. The largest absolute Gasteiger partial charge is 0.495 e. The van der Waals surface area contributed by atoms with E-state index in [0.717, 1.165) is 18.5 Å². The number of ether oxygens (including phenoxy) is 1. The highest BCUT2D eigenvalue weighted by Gasteiger charge is 2.20. The van der Waals surface area contributed by atoms with E-state index in [1.54, 1.807) is 32.0 Å². The van der Waals surface area contributed by atoms with Gasteiger partial charge in [0.05, 0.1) is 7.11 Å². The lowest BCUT2D eigenvalue weighted by molar-refractivity contribution is 0.401. The molecule has 1 aromatic carbocycles. The lowest BCUT2D eigenvalue weighted by Gasteiger charge is -2.14. The van der Waals surface area contributed by atoms with E-state index in [0.29, 0.717) is 12.3 Å². The van der Waals surface area contributed by atoms with Crippen LogP contribution in [0.3, 0.4) is 0 Å². The summed E-state index contributed by atoms with van der Waals surface area (Å²) in [5.74, 6) is 0.369. The molecule has 0 aromatic heterocycles. The first-order chi connectivity index (χ1) is 9.40. The van der Waals surface area contributed by atoms with Crippen LogP contribution in [0.2, 0.25) is 0 Å². The lowest BCUT2D eigenvalue weighted by Crippen LogP contribution is -2.30. The van der Waals surface area contributed by atoms with Crippen molar-refractivity contribution in [2.75, 3.05) is 13.7 Å². The summed E-state index contributed by atoms with van der Waals surface area (Å²) in [7, 11) is -2.06. The van der Waals surface area contributed by atoms with Crippen molar-refractivity contribution in [3.05, 3.63) is 23.8 Å². The predicted octanol–water partition coefficient (Wildman–Crippen LogP) is 1.88. The van der Waals surface area contributed by atoms with Crippen molar-refractivity contribution in [1.82, 2.24) is 10.0 Å². The standard InChI is InChI=1S/C14H24N2O3S/c1-5-8-15-10-12-6-7-14(13(9-12)19-4)20(17,18)16-11(2)3/h6-7,9,11,15-16H,5,8,10H2,1-4H3. The van der Waals surface area contributed by atoms with Gasteiger partial charge in [-0.3, -0.25) is 0 Å². The number of hydrogen-bond acceptors (Lipinski definition) is 4. The molecule has 0 unspecified atom stereocenters. The first-order valence-corrected chi connectivity index (χ1v) is 8.29. The smallest absolute Gasteiger partial charge is 0.244 e. The number of rotatable bonds is 8. The first-order valence-electron chi connectivity index (χ1n) is 6.80. The van der Waals surface area contributed by atoms with Gasteiger partial charge in [0.1, 0.15) is 10.6 Å². The van der Waals surface area contributed by atoms with Crippen molar-refractivity contribution in [1.29, 1.82) is 0 Å². The Balaban J connectivity index is 2.99. The van der Waals surface area contributed by atoms with E-state index >= 15 is 0 Å². The maximum absolute atomic E-state index is 12.2. The second-order valence-corrected chi connectivity index (χ2v) is 6.62. The average molecular weight is 300 g/mol. The third-order valence-corrected chi connectivity index (χ3v) is 4.36. The SMILES string of the molecule is CCCNCc1ccc(S(=O)(=O)NC(C)C)c(OC)c1. The minimum absolute atomic E-state index is 0.157. The van der Waals surface area contributed by atoms with Gasteiger partial charge in [-0.25, -0.2) is 13.1 Å². The fourth-order valence-electron chi connectivity index (χ4n) is 1.83. The maximum atomic E-state index is 12.2. The Morgan fingerprint density at radius 3 is 2.55 bits per heavy atom. The highest BCUT2D eigenvalue weighted by molar-refractivity contribution is 7.89. The molecule has 20 heavy (non-hydrogen) atoms. The number of methoxy groups -OCH3 is 1. The number of sulfonamides is 1. The Kier molecular flexibility index (Phi) is 6.45. The molecule has 6 heteroatoms. The van der Waals surface area contributed by atoms with E-state index in [1.807, 2.05) is 0 Å². The van der Waals surface area contributed by atoms with Crippen LogP contribution in [0, 0.1) is 0 Å². The second-order valence-electron chi connectivity index (χ2n) is 4.94. The first kappa shape index (κ1) is 16.9. The summed E-state index contributed by atoms with van der Waals surface area (Å²) in [5, 5.41) is 3.27. The number of nitrogens with one attached hydrogen (secondary N) is 2. The molecule has 0 heterocycles. The second kappa shape index (κ2) is 7.61. The Morgan fingerprint density at radius 1 is 1.30 bits per heavy atom. The highest BCUT2D eigenvalue weighted by atomic mass is 32.2. The van der Waals surface area contributed by atoms with Crippen LogP contribution >= 0.6 is 0 Å². The molecule has 0 radical (unpaired) electrons. The van der Waals surface area contributed by atoms with Crippen LogP contribution in [0.1, 0.15) is 32.8 Å². The van der Waals surface area contributed by atoms with Gasteiger partial charge in [-0.2, -0.15) is 0 Å². The molecule has 0 bridgehead atoms. The molecule has 0 saturated carbocycles. The zero-order valence-electron chi connectivity index (χ0n) is 12.6. The molecular formula is C14H24N2O3S. The molecule has 1 rings (SSSR count). The van der Waals surface area contributed by atoms with Gasteiger partial charge in [-0.1, -0.05) is 13.0 Å². The van der Waals surface area contributed by atoms with Gasteiger partial charge in [0, 0.05) is 12.6 Å². The summed E-state index contributed by atoms with van der Waals surface area (Å²) < 4.78 is 32.1. The van der Waals surface area contributed by atoms with E-state index < -0.39 is 10.0 Å². The van der Waals surface area contributed by atoms with E-state index in [-0.39, 0.29) is 10.9 Å². The summed E-state index contributed by atoms with van der Waals surface area (Å²) in [6.45, 7) is 7.29. The summed E-state index contributed by atoms with van der Waals surface area (Å²) in [5.41, 5.74) is 0.999. The lowest BCUT2D eigenvalue weighted by atomic mass is 10.2. The molecule has 0 amide bonds. The fraction of sp³-hybridized carbons (Fsp3) is 0.571. The van der Waals surface area contributed by atoms with Crippen molar-refractivity contribution in [2.24, 2.45) is 0 Å². The van der Waals surface area contributed by atoms with Crippen molar-refractivity contribution < 1.29 is 13.2 Å². The molecule has 0 fully saturated rings. The van der Waals surface area contributed by atoms with Gasteiger partial charge in [0.15, 0.2) is 0 Å². The highest BCUT2D eigenvalue weighted by Crippen LogP contribution is 2.25. The van der Waals surface area contributed by atoms with Crippen molar-refractivity contribution >= 4 is 10.0 Å². The zero-order chi connectivity index (χ0) is 15.2. The topological polar surface area (TPSA) is 67.4 Å². The van der Waals surface area contributed by atoms with Gasteiger partial charge in [-0.05, 0) is 44.5 Å². The number of hydrogen-bond donors (Lipinski definition) is 2. The third-order valence-electron chi connectivity index (χ3n) is 2.66. The van der Waals surface area contributed by atoms with Gasteiger partial charge < -0.3 is 10.1 Å². The van der Waals surface area contributed by atoms with Crippen LogP contribution in [0.4, 0.5) is 0 Å². The molecule has 0 aliphatic rings. The van der Waals surface area contributed by atoms with Crippen molar-refractivity contribution in [3.8, 4) is 5.75 Å². The summed E-state index contributed by atoms with van der Waals surface area (Å²) in [6, 6.07) is 5.00. The molecule has 0 aliphatic carbocycles. The van der Waals surface area contributed by atoms with Gasteiger partial charge in [0.25, 0.3) is 0 Å². The molecule has 0 aliphatic heterocycles. The molecule has 2 N–H and O–H groups in total. The number of benzene rings is 1. The minimum Gasteiger partial charge on any atom is -0.495 e. The molecule has 0 spiro atoms. The third kappa shape index (κ3) is 4.77. The van der Waals surface area contributed by atoms with Crippen LogP contribution in [0.15, 0.2) is 23.1 Å². The van der Waals surface area contributed by atoms with Crippen LogP contribution in [0.5, 0.6) is 5.75 Å². The van der Waals surface area contributed by atoms with Crippen LogP contribution in [0.25, 0.3) is 0 Å². The van der Waals surface area contributed by atoms with E-state index in [2.05, 4.69) is 17.0 Å².